The second-order valence-electron chi connectivity index (χ2n) is 6.39. The maximum Gasteiger partial charge on any atom is 0.311 e. The van der Waals surface area contributed by atoms with E-state index in [0.717, 1.165) is 38.5 Å². The summed E-state index contributed by atoms with van der Waals surface area (Å²) in [5.74, 6) is 0.508. The van der Waals surface area contributed by atoms with Gasteiger partial charge in [-0.05, 0) is 50.7 Å². The molecular weight excluding hydrogens is 320 g/mol. The van der Waals surface area contributed by atoms with Gasteiger partial charge in [0, 0.05) is 6.42 Å². The fourth-order valence-corrected chi connectivity index (χ4v) is 2.56. The van der Waals surface area contributed by atoms with Crippen LogP contribution in [-0.2, 0) is 4.79 Å². The highest BCUT2D eigenvalue weighted by Crippen LogP contribution is 2.12. The van der Waals surface area contributed by atoms with Gasteiger partial charge in [-0.25, -0.2) is 0 Å². The minimum atomic E-state index is -0.127. The zero-order valence-electron chi connectivity index (χ0n) is 16.2. The average molecular weight is 355 g/mol. The first-order valence-corrected chi connectivity index (χ1v) is 10.0. The Bertz CT molecular complexity index is 541. The van der Waals surface area contributed by atoms with Crippen LogP contribution in [0.4, 0.5) is 0 Å². The lowest BCUT2D eigenvalue weighted by atomic mass is 10.1. The van der Waals surface area contributed by atoms with E-state index in [9.17, 15) is 4.79 Å². The molecule has 0 saturated carbocycles. The van der Waals surface area contributed by atoms with Crippen molar-refractivity contribution in [3.8, 4) is 5.75 Å². The quantitative estimate of drug-likeness (QED) is 0.153. The molecule has 1 aromatic rings. The summed E-state index contributed by atoms with van der Waals surface area (Å²) in [5, 5.41) is 0. The van der Waals surface area contributed by atoms with E-state index in [0.29, 0.717) is 12.2 Å². The third kappa shape index (κ3) is 13.2. The van der Waals surface area contributed by atoms with E-state index in [1.807, 2.05) is 30.3 Å². The Morgan fingerprint density at radius 3 is 2.15 bits per heavy atom. The summed E-state index contributed by atoms with van der Waals surface area (Å²) in [4.78, 5) is 11.7. The number of esters is 1. The third-order valence-corrected chi connectivity index (χ3v) is 4.01. The van der Waals surface area contributed by atoms with E-state index < -0.39 is 0 Å². The Hall–Kier alpha value is -2.09. The molecule has 0 atom stereocenters. The Labute approximate surface area is 159 Å². The van der Waals surface area contributed by atoms with Crippen LogP contribution in [0, 0.1) is 0 Å². The summed E-state index contributed by atoms with van der Waals surface area (Å²) in [6, 6.07) is 9.28. The van der Waals surface area contributed by atoms with E-state index in [1.165, 1.54) is 19.3 Å². The first-order chi connectivity index (χ1) is 12.8. The van der Waals surface area contributed by atoms with Crippen LogP contribution in [0.2, 0.25) is 0 Å². The molecule has 0 amide bonds. The van der Waals surface area contributed by atoms with Crippen molar-refractivity contribution in [1.29, 1.82) is 0 Å². The molecule has 0 aliphatic heterocycles. The van der Waals surface area contributed by atoms with E-state index in [-0.39, 0.29) is 5.97 Å². The van der Waals surface area contributed by atoms with Crippen LogP contribution in [-0.4, -0.2) is 5.97 Å². The molecule has 26 heavy (non-hydrogen) atoms. The number of rotatable bonds is 14. The molecule has 0 heterocycles. The van der Waals surface area contributed by atoms with Crippen LogP contribution in [0.1, 0.15) is 71.1 Å². The predicted octanol–water partition coefficient (Wildman–Crippen LogP) is 7.18. The molecule has 0 aromatic heterocycles. The average Bonchev–Trinajstić information content (AvgIpc) is 2.65. The Balaban J connectivity index is 1.89. The van der Waals surface area contributed by atoms with Crippen LogP contribution in [0.5, 0.6) is 5.75 Å². The molecule has 0 bridgehead atoms. The predicted molar refractivity (Wildman–Crippen MR) is 111 cm³/mol. The molecule has 142 valence electrons. The lowest BCUT2D eigenvalue weighted by Crippen LogP contribution is -2.07. The van der Waals surface area contributed by atoms with Crippen LogP contribution in [0.3, 0.4) is 0 Å². The molecule has 0 aliphatic rings. The monoisotopic (exact) mass is 354 g/mol. The van der Waals surface area contributed by atoms with Crippen molar-refractivity contribution in [3.05, 3.63) is 66.8 Å². The SMILES string of the molecule is CCC=CCC=CCC=CCCCCCCCC(=O)Oc1ccccc1. The lowest BCUT2D eigenvalue weighted by Gasteiger charge is -2.04. The summed E-state index contributed by atoms with van der Waals surface area (Å²) in [5.41, 5.74) is 0. The fraction of sp³-hybridized carbons (Fsp3) is 0.458. The molecule has 0 radical (unpaired) electrons. The van der Waals surface area contributed by atoms with Gasteiger partial charge in [0.1, 0.15) is 5.75 Å². The van der Waals surface area contributed by atoms with Gasteiger partial charge in [0.25, 0.3) is 0 Å². The number of carbonyl (C=O) groups is 1. The van der Waals surface area contributed by atoms with E-state index in [4.69, 9.17) is 4.74 Å². The summed E-state index contributed by atoms with van der Waals surface area (Å²) < 4.78 is 5.28. The molecule has 0 N–H and O–H groups in total. The number of benzene rings is 1. The lowest BCUT2D eigenvalue weighted by molar-refractivity contribution is -0.134. The van der Waals surface area contributed by atoms with Gasteiger partial charge in [-0.1, -0.05) is 80.8 Å². The highest BCUT2D eigenvalue weighted by molar-refractivity contribution is 5.72. The first-order valence-electron chi connectivity index (χ1n) is 10.0. The molecule has 1 rings (SSSR count). The zero-order valence-corrected chi connectivity index (χ0v) is 16.2. The third-order valence-electron chi connectivity index (χ3n) is 4.01. The molecule has 1 aromatic carbocycles. The van der Waals surface area contributed by atoms with Gasteiger partial charge < -0.3 is 4.74 Å². The van der Waals surface area contributed by atoms with Crippen LogP contribution < -0.4 is 4.74 Å². The zero-order chi connectivity index (χ0) is 18.7. The van der Waals surface area contributed by atoms with Crippen molar-refractivity contribution >= 4 is 5.97 Å². The minimum absolute atomic E-state index is 0.127. The molecule has 2 nitrogen and oxygen atoms in total. The second kappa shape index (κ2) is 16.4. The van der Waals surface area contributed by atoms with Gasteiger partial charge >= 0.3 is 5.97 Å². The molecule has 0 aliphatic carbocycles. The van der Waals surface area contributed by atoms with Gasteiger partial charge in [0.05, 0.1) is 0 Å². The van der Waals surface area contributed by atoms with E-state index >= 15 is 0 Å². The van der Waals surface area contributed by atoms with E-state index in [2.05, 4.69) is 43.4 Å². The molecule has 0 spiro atoms. The first kappa shape index (κ1) is 22.0. The van der Waals surface area contributed by atoms with Crippen LogP contribution in [0.15, 0.2) is 66.8 Å². The van der Waals surface area contributed by atoms with Crippen molar-refractivity contribution in [3.63, 3.8) is 0 Å². The Morgan fingerprint density at radius 1 is 0.808 bits per heavy atom. The van der Waals surface area contributed by atoms with Gasteiger partial charge in [-0.3, -0.25) is 4.79 Å². The number of ether oxygens (including phenoxy) is 1. The molecule has 0 fully saturated rings. The number of hydrogen-bond donors (Lipinski definition) is 0. The van der Waals surface area contributed by atoms with Gasteiger partial charge in [0.2, 0.25) is 0 Å². The van der Waals surface area contributed by atoms with Gasteiger partial charge in [-0.2, -0.15) is 0 Å². The number of unbranched alkanes of at least 4 members (excludes halogenated alkanes) is 5. The molecular formula is C24H34O2. The molecule has 2 heteroatoms. The van der Waals surface area contributed by atoms with Gasteiger partial charge in [-0.15, -0.1) is 0 Å². The Morgan fingerprint density at radius 2 is 1.42 bits per heavy atom. The molecule has 0 saturated heterocycles. The number of para-hydroxylation sites is 1. The largest absolute Gasteiger partial charge is 0.427 e. The van der Waals surface area contributed by atoms with Crippen LogP contribution >= 0.6 is 0 Å². The van der Waals surface area contributed by atoms with Crippen molar-refractivity contribution in [2.75, 3.05) is 0 Å². The van der Waals surface area contributed by atoms with E-state index in [1.54, 1.807) is 0 Å². The summed E-state index contributed by atoms with van der Waals surface area (Å²) in [7, 11) is 0. The highest BCUT2D eigenvalue weighted by Gasteiger charge is 2.03. The molecule has 0 unspecified atom stereocenters. The smallest absolute Gasteiger partial charge is 0.311 e. The Kier molecular flexibility index (Phi) is 13.8. The summed E-state index contributed by atoms with van der Waals surface area (Å²) in [6.45, 7) is 2.16. The highest BCUT2D eigenvalue weighted by atomic mass is 16.5. The maximum atomic E-state index is 11.7. The fourth-order valence-electron chi connectivity index (χ4n) is 2.56. The number of allylic oxidation sites excluding steroid dienone is 6. The van der Waals surface area contributed by atoms with Crippen molar-refractivity contribution in [2.24, 2.45) is 0 Å². The van der Waals surface area contributed by atoms with Crippen LogP contribution in [0.25, 0.3) is 0 Å². The summed E-state index contributed by atoms with van der Waals surface area (Å²) >= 11 is 0. The number of hydrogen-bond acceptors (Lipinski definition) is 2. The topological polar surface area (TPSA) is 26.3 Å². The number of carbonyl (C=O) groups excluding carboxylic acids is 1. The second-order valence-corrected chi connectivity index (χ2v) is 6.39. The normalized spacial score (nSPS) is 11.7. The maximum absolute atomic E-state index is 11.7. The van der Waals surface area contributed by atoms with Crippen molar-refractivity contribution in [1.82, 2.24) is 0 Å². The standard InChI is InChI=1S/C24H34O2/c1-2-3-4-5-6-7-8-9-10-11-12-13-14-15-19-22-24(25)26-23-20-17-16-18-21-23/h3-4,6-7,9-10,16-18,20-21H,2,5,8,11-15,19,22H2,1H3. The summed E-state index contributed by atoms with van der Waals surface area (Å²) in [6.07, 6.45) is 23.9. The van der Waals surface area contributed by atoms with Crippen molar-refractivity contribution in [2.45, 2.75) is 71.1 Å². The van der Waals surface area contributed by atoms with Gasteiger partial charge in [0.15, 0.2) is 0 Å². The minimum Gasteiger partial charge on any atom is -0.427 e. The van der Waals surface area contributed by atoms with Crippen molar-refractivity contribution < 1.29 is 9.53 Å².